The third-order valence-electron chi connectivity index (χ3n) is 6.15. The van der Waals surface area contributed by atoms with E-state index >= 15 is 0 Å². The van der Waals surface area contributed by atoms with Crippen LogP contribution in [0.25, 0.3) is 0 Å². The molecule has 4 amide bonds. The first-order chi connectivity index (χ1) is 14.0. The first-order valence-electron chi connectivity index (χ1n) is 10.4. The Balaban J connectivity index is 1.36. The van der Waals surface area contributed by atoms with Crippen molar-refractivity contribution in [1.29, 1.82) is 0 Å². The van der Waals surface area contributed by atoms with E-state index in [0.717, 1.165) is 31.2 Å². The van der Waals surface area contributed by atoms with E-state index in [1.165, 1.54) is 18.6 Å². The third kappa shape index (κ3) is 4.36. The number of benzene rings is 1. The average Bonchev–Trinajstić information content (AvgIpc) is 2.74. The first-order valence-corrected chi connectivity index (χ1v) is 10.4. The Morgan fingerprint density at radius 2 is 1.83 bits per heavy atom. The normalized spacial score (nSPS) is 25.4. The predicted octanol–water partition coefficient (Wildman–Crippen LogP) is 1.42. The molecular weight excluding hydrogens is 375 g/mol. The largest absolute Gasteiger partial charge is 0.342 e. The van der Waals surface area contributed by atoms with Crippen LogP contribution in [0.1, 0.15) is 37.7 Å². The minimum atomic E-state index is -0.660. The van der Waals surface area contributed by atoms with Crippen molar-refractivity contribution in [1.82, 2.24) is 20.4 Å². The summed E-state index contributed by atoms with van der Waals surface area (Å²) in [5, 5.41) is 5.86. The van der Waals surface area contributed by atoms with Gasteiger partial charge in [-0.3, -0.25) is 9.59 Å². The van der Waals surface area contributed by atoms with E-state index in [9.17, 15) is 18.8 Å². The van der Waals surface area contributed by atoms with Crippen LogP contribution in [-0.4, -0.2) is 65.4 Å². The van der Waals surface area contributed by atoms with Crippen molar-refractivity contribution >= 4 is 17.8 Å². The Morgan fingerprint density at radius 1 is 1.10 bits per heavy atom. The highest BCUT2D eigenvalue weighted by Crippen LogP contribution is 2.20. The molecule has 1 saturated carbocycles. The van der Waals surface area contributed by atoms with Crippen molar-refractivity contribution in [2.75, 3.05) is 19.6 Å². The van der Waals surface area contributed by atoms with Gasteiger partial charge in [0, 0.05) is 25.6 Å². The lowest BCUT2D eigenvalue weighted by Crippen LogP contribution is -2.70. The van der Waals surface area contributed by atoms with Gasteiger partial charge >= 0.3 is 6.03 Å². The zero-order valence-corrected chi connectivity index (χ0v) is 16.4. The van der Waals surface area contributed by atoms with Gasteiger partial charge in [-0.2, -0.15) is 0 Å². The number of amides is 4. The summed E-state index contributed by atoms with van der Waals surface area (Å²) in [5.74, 6) is -0.728. The fraction of sp³-hybridized carbons (Fsp3) is 0.571. The van der Waals surface area contributed by atoms with Gasteiger partial charge < -0.3 is 20.4 Å². The SMILES string of the molecule is O=C1NC(Cc2ccc(F)cc2)C(=O)N2CCN(C(=O)NC3CCCCC3)CC12. The Labute approximate surface area is 169 Å². The van der Waals surface area contributed by atoms with Crippen LogP contribution in [0.2, 0.25) is 0 Å². The molecule has 1 aromatic carbocycles. The van der Waals surface area contributed by atoms with Gasteiger partial charge in [-0.1, -0.05) is 31.4 Å². The fourth-order valence-corrected chi connectivity index (χ4v) is 4.49. The van der Waals surface area contributed by atoms with Gasteiger partial charge in [0.25, 0.3) is 0 Å². The standard InChI is InChI=1S/C21H27FN4O3/c22-15-8-6-14(7-9-15)12-17-20(28)26-11-10-25(13-18(26)19(27)24-17)21(29)23-16-4-2-1-3-5-16/h6-9,16-18H,1-5,10-13H2,(H,23,29)(H,24,27). The second-order valence-electron chi connectivity index (χ2n) is 8.17. The maximum atomic E-state index is 13.1. The topological polar surface area (TPSA) is 81.8 Å². The number of carbonyl (C=O) groups excluding carboxylic acids is 3. The molecule has 0 aromatic heterocycles. The maximum absolute atomic E-state index is 13.1. The molecule has 0 spiro atoms. The van der Waals surface area contributed by atoms with E-state index in [2.05, 4.69) is 10.6 Å². The van der Waals surface area contributed by atoms with Gasteiger partial charge in [-0.05, 0) is 30.5 Å². The second kappa shape index (κ2) is 8.39. The Morgan fingerprint density at radius 3 is 2.55 bits per heavy atom. The van der Waals surface area contributed by atoms with Crippen molar-refractivity contribution in [2.45, 2.75) is 56.7 Å². The molecule has 7 nitrogen and oxygen atoms in total. The minimum absolute atomic E-state index is 0.147. The number of urea groups is 1. The molecule has 1 aromatic rings. The van der Waals surface area contributed by atoms with Crippen molar-refractivity contribution in [2.24, 2.45) is 0 Å². The summed E-state index contributed by atoms with van der Waals surface area (Å²) in [6.07, 6.45) is 5.80. The molecule has 2 N–H and O–H groups in total. The van der Waals surface area contributed by atoms with Gasteiger partial charge in [0.1, 0.15) is 17.9 Å². The van der Waals surface area contributed by atoms with Gasteiger partial charge in [0.2, 0.25) is 11.8 Å². The van der Waals surface area contributed by atoms with Gasteiger partial charge in [0.15, 0.2) is 0 Å². The molecule has 2 saturated heterocycles. The number of hydrogen-bond donors (Lipinski definition) is 2. The van der Waals surface area contributed by atoms with Gasteiger partial charge in [-0.15, -0.1) is 0 Å². The smallest absolute Gasteiger partial charge is 0.317 e. The summed E-state index contributed by atoms with van der Waals surface area (Å²) in [5.41, 5.74) is 0.786. The average molecular weight is 402 g/mol. The number of nitrogens with zero attached hydrogens (tertiary/aromatic N) is 2. The Kier molecular flexibility index (Phi) is 5.69. The van der Waals surface area contributed by atoms with Crippen LogP contribution in [0.4, 0.5) is 9.18 Å². The number of nitrogens with one attached hydrogen (secondary N) is 2. The lowest BCUT2D eigenvalue weighted by Gasteiger charge is -2.45. The third-order valence-corrected chi connectivity index (χ3v) is 6.15. The molecule has 156 valence electrons. The Hall–Kier alpha value is -2.64. The van der Waals surface area contributed by atoms with Gasteiger partial charge in [0.05, 0.1) is 6.54 Å². The highest BCUT2D eigenvalue weighted by Gasteiger charge is 2.44. The fourth-order valence-electron chi connectivity index (χ4n) is 4.49. The van der Waals surface area contributed by atoms with Crippen LogP contribution in [0, 0.1) is 5.82 Å². The molecule has 2 atom stereocenters. The summed E-state index contributed by atoms with van der Waals surface area (Å²) >= 11 is 0. The molecule has 8 heteroatoms. The van der Waals surface area contributed by atoms with Crippen LogP contribution in [0.3, 0.4) is 0 Å². The minimum Gasteiger partial charge on any atom is -0.342 e. The van der Waals surface area contributed by atoms with Crippen molar-refractivity contribution < 1.29 is 18.8 Å². The molecule has 0 radical (unpaired) electrons. The van der Waals surface area contributed by atoms with Crippen LogP contribution >= 0.6 is 0 Å². The molecular formula is C21H27FN4O3. The number of piperazine rings is 2. The summed E-state index contributed by atoms with van der Waals surface area (Å²) in [4.78, 5) is 41.4. The summed E-state index contributed by atoms with van der Waals surface area (Å²) in [6.45, 7) is 0.964. The predicted molar refractivity (Wildman–Crippen MR) is 105 cm³/mol. The molecule has 2 heterocycles. The maximum Gasteiger partial charge on any atom is 0.317 e. The van der Waals surface area contributed by atoms with Crippen LogP contribution in [0.5, 0.6) is 0 Å². The molecule has 1 aliphatic carbocycles. The van der Waals surface area contributed by atoms with E-state index in [0.29, 0.717) is 19.5 Å². The van der Waals surface area contributed by atoms with E-state index in [1.807, 2.05) is 0 Å². The van der Waals surface area contributed by atoms with Crippen molar-refractivity contribution in [3.8, 4) is 0 Å². The van der Waals surface area contributed by atoms with Crippen LogP contribution < -0.4 is 10.6 Å². The van der Waals surface area contributed by atoms with E-state index in [1.54, 1.807) is 21.9 Å². The second-order valence-corrected chi connectivity index (χ2v) is 8.17. The summed E-state index contributed by atoms with van der Waals surface area (Å²) in [6, 6.07) is 4.67. The molecule has 4 rings (SSSR count). The molecule has 3 fully saturated rings. The zero-order chi connectivity index (χ0) is 20.4. The molecule has 0 bridgehead atoms. The number of halogens is 1. The molecule has 2 aliphatic heterocycles. The number of fused-ring (bicyclic) bond motifs is 1. The van der Waals surface area contributed by atoms with Gasteiger partial charge in [-0.25, -0.2) is 9.18 Å². The monoisotopic (exact) mass is 402 g/mol. The summed E-state index contributed by atoms with van der Waals surface area (Å²) < 4.78 is 13.1. The lowest BCUT2D eigenvalue weighted by molar-refractivity contribution is -0.152. The van der Waals surface area contributed by atoms with E-state index in [4.69, 9.17) is 0 Å². The highest BCUT2D eigenvalue weighted by atomic mass is 19.1. The molecule has 2 unspecified atom stereocenters. The lowest BCUT2D eigenvalue weighted by atomic mass is 9.95. The van der Waals surface area contributed by atoms with Crippen LogP contribution in [0.15, 0.2) is 24.3 Å². The molecule has 3 aliphatic rings. The van der Waals surface area contributed by atoms with E-state index < -0.39 is 12.1 Å². The van der Waals surface area contributed by atoms with Crippen molar-refractivity contribution in [3.63, 3.8) is 0 Å². The Bertz CT molecular complexity index is 779. The zero-order valence-electron chi connectivity index (χ0n) is 16.4. The molecule has 29 heavy (non-hydrogen) atoms. The summed E-state index contributed by atoms with van der Waals surface area (Å²) in [7, 11) is 0. The first kappa shape index (κ1) is 19.7. The van der Waals surface area contributed by atoms with Crippen molar-refractivity contribution in [3.05, 3.63) is 35.6 Å². The van der Waals surface area contributed by atoms with E-state index in [-0.39, 0.29) is 36.2 Å². The number of hydrogen-bond acceptors (Lipinski definition) is 3. The van der Waals surface area contributed by atoms with Crippen LogP contribution in [-0.2, 0) is 16.0 Å². The highest BCUT2D eigenvalue weighted by molar-refractivity contribution is 5.97. The quantitative estimate of drug-likeness (QED) is 0.802. The number of carbonyl (C=O) groups is 3. The number of rotatable bonds is 3.